The summed E-state index contributed by atoms with van der Waals surface area (Å²) in [6, 6.07) is 2.77. The molecule has 23 heavy (non-hydrogen) atoms. The van der Waals surface area contributed by atoms with Gasteiger partial charge in [0.25, 0.3) is 0 Å². The predicted molar refractivity (Wildman–Crippen MR) is 81.3 cm³/mol. The molecule has 0 aliphatic carbocycles. The number of aromatic nitrogens is 1. The quantitative estimate of drug-likeness (QED) is 0.777. The van der Waals surface area contributed by atoms with Crippen molar-refractivity contribution in [3.05, 3.63) is 29.2 Å². The van der Waals surface area contributed by atoms with Gasteiger partial charge in [-0.3, -0.25) is 0 Å². The molecular weight excluding hydrogens is 309 g/mol. The summed E-state index contributed by atoms with van der Waals surface area (Å²) in [6.07, 6.45) is -3.68. The molecule has 128 valence electrons. The molecule has 1 N–H and O–H groups in total. The molecule has 1 aromatic heterocycles. The molecule has 0 saturated carbocycles. The van der Waals surface area contributed by atoms with Crippen molar-refractivity contribution in [3.63, 3.8) is 0 Å². The summed E-state index contributed by atoms with van der Waals surface area (Å²) in [6.45, 7) is 5.28. The molecule has 0 radical (unpaired) electrons. The number of nitrogens with zero attached hydrogens (tertiary/aromatic N) is 1. The van der Waals surface area contributed by atoms with E-state index >= 15 is 0 Å². The second kappa shape index (κ2) is 7.31. The van der Waals surface area contributed by atoms with E-state index in [-0.39, 0.29) is 17.0 Å². The van der Waals surface area contributed by atoms with Crippen LogP contribution in [-0.4, -0.2) is 25.2 Å². The Bertz CT molecular complexity index is 651. The number of benzene rings is 1. The molecule has 2 aromatic rings. The van der Waals surface area contributed by atoms with Gasteiger partial charge in [-0.05, 0) is 30.7 Å². The Morgan fingerprint density at radius 3 is 2.65 bits per heavy atom. The molecule has 1 aromatic carbocycles. The molecule has 0 saturated heterocycles. The lowest BCUT2D eigenvalue weighted by Crippen LogP contribution is -2.17. The summed E-state index contributed by atoms with van der Waals surface area (Å²) in [7, 11) is 1.61. The smallest absolute Gasteiger partial charge is 0.420 e. The van der Waals surface area contributed by atoms with Crippen LogP contribution in [0.2, 0.25) is 0 Å². The molecule has 0 fully saturated rings. The Balaban J connectivity index is 2.28. The van der Waals surface area contributed by atoms with Gasteiger partial charge in [-0.25, -0.2) is 4.98 Å². The molecule has 4 nitrogen and oxygen atoms in total. The van der Waals surface area contributed by atoms with E-state index in [4.69, 9.17) is 9.15 Å². The van der Waals surface area contributed by atoms with Crippen LogP contribution in [0.5, 0.6) is 0 Å². The van der Waals surface area contributed by atoms with Crippen molar-refractivity contribution in [2.75, 3.05) is 20.3 Å². The minimum atomic E-state index is -4.47. The molecule has 0 atom stereocenters. The van der Waals surface area contributed by atoms with Gasteiger partial charge < -0.3 is 14.5 Å². The summed E-state index contributed by atoms with van der Waals surface area (Å²) in [5, 5.41) is 3.10. The molecule has 0 unspecified atom stereocenters. The molecule has 0 spiro atoms. The minimum Gasteiger partial charge on any atom is -0.440 e. The van der Waals surface area contributed by atoms with E-state index in [0.717, 1.165) is 12.5 Å². The zero-order valence-electron chi connectivity index (χ0n) is 13.5. The number of hydrogen-bond donors (Lipinski definition) is 1. The van der Waals surface area contributed by atoms with Crippen LogP contribution in [0.25, 0.3) is 11.1 Å². The van der Waals surface area contributed by atoms with Crippen LogP contribution in [0.1, 0.15) is 43.2 Å². The SMILES string of the molecule is COCCCNCc1cc(C(F)(F)F)c2oc(C(C)C)nc2c1. The largest absolute Gasteiger partial charge is 0.440 e. The van der Waals surface area contributed by atoms with E-state index in [1.54, 1.807) is 13.2 Å². The highest BCUT2D eigenvalue weighted by molar-refractivity contribution is 5.78. The van der Waals surface area contributed by atoms with Gasteiger partial charge in [-0.2, -0.15) is 13.2 Å². The van der Waals surface area contributed by atoms with Crippen LogP contribution in [0.15, 0.2) is 16.5 Å². The van der Waals surface area contributed by atoms with E-state index in [1.807, 2.05) is 13.8 Å². The number of fused-ring (bicyclic) bond motifs is 1. The van der Waals surface area contributed by atoms with Crippen LogP contribution in [0.4, 0.5) is 13.2 Å². The highest BCUT2D eigenvalue weighted by Crippen LogP contribution is 2.37. The second-order valence-electron chi connectivity index (χ2n) is 5.72. The van der Waals surface area contributed by atoms with Crippen LogP contribution >= 0.6 is 0 Å². The molecule has 0 aliphatic rings. The maximum Gasteiger partial charge on any atom is 0.420 e. The number of nitrogens with one attached hydrogen (secondary N) is 1. The average Bonchev–Trinajstić information content (AvgIpc) is 2.89. The van der Waals surface area contributed by atoms with Gasteiger partial charge in [0.2, 0.25) is 0 Å². The van der Waals surface area contributed by atoms with Gasteiger partial charge in [0.1, 0.15) is 11.1 Å². The molecule has 0 bridgehead atoms. The molecule has 0 aliphatic heterocycles. The monoisotopic (exact) mass is 330 g/mol. The summed E-state index contributed by atoms with van der Waals surface area (Å²) in [4.78, 5) is 4.19. The third-order valence-corrected chi connectivity index (χ3v) is 3.40. The Morgan fingerprint density at radius 2 is 2.04 bits per heavy atom. The minimum absolute atomic E-state index is 0.0703. The Kier molecular flexibility index (Phi) is 5.64. The molecular formula is C16H21F3N2O2. The first kappa shape index (κ1) is 17.7. The van der Waals surface area contributed by atoms with Gasteiger partial charge in [0, 0.05) is 26.2 Å². The third-order valence-electron chi connectivity index (χ3n) is 3.40. The van der Waals surface area contributed by atoms with Gasteiger partial charge >= 0.3 is 6.18 Å². The zero-order chi connectivity index (χ0) is 17.0. The Hall–Kier alpha value is -1.60. The first-order valence-electron chi connectivity index (χ1n) is 7.53. The fraction of sp³-hybridized carbons (Fsp3) is 0.562. The molecule has 2 rings (SSSR count). The van der Waals surface area contributed by atoms with Crippen molar-refractivity contribution in [1.29, 1.82) is 0 Å². The number of methoxy groups -OCH3 is 1. The first-order chi connectivity index (χ1) is 10.8. The average molecular weight is 330 g/mol. The standard InChI is InChI=1S/C16H21F3N2O2/c1-10(2)15-21-13-8-11(9-20-5-4-6-22-3)7-12(14(13)23-15)16(17,18)19/h7-8,10,20H,4-6,9H2,1-3H3. The van der Waals surface area contributed by atoms with E-state index < -0.39 is 11.7 Å². The number of alkyl halides is 3. The fourth-order valence-electron chi connectivity index (χ4n) is 2.24. The lowest BCUT2D eigenvalue weighted by molar-refractivity contribution is -0.136. The highest BCUT2D eigenvalue weighted by Gasteiger charge is 2.35. The van der Waals surface area contributed by atoms with Crippen molar-refractivity contribution in [2.45, 2.75) is 38.9 Å². The van der Waals surface area contributed by atoms with Crippen LogP contribution in [0.3, 0.4) is 0 Å². The van der Waals surface area contributed by atoms with Crippen molar-refractivity contribution < 1.29 is 22.3 Å². The third kappa shape index (κ3) is 4.45. The second-order valence-corrected chi connectivity index (χ2v) is 5.72. The number of hydrogen-bond acceptors (Lipinski definition) is 4. The predicted octanol–water partition coefficient (Wildman–Crippen LogP) is 4.10. The topological polar surface area (TPSA) is 47.3 Å². The van der Waals surface area contributed by atoms with E-state index in [0.29, 0.717) is 31.2 Å². The maximum absolute atomic E-state index is 13.3. The van der Waals surface area contributed by atoms with Crippen molar-refractivity contribution in [3.8, 4) is 0 Å². The summed E-state index contributed by atoms with van der Waals surface area (Å²) >= 11 is 0. The van der Waals surface area contributed by atoms with Gasteiger partial charge in [-0.15, -0.1) is 0 Å². The number of rotatable bonds is 7. The van der Waals surface area contributed by atoms with Crippen LogP contribution in [-0.2, 0) is 17.5 Å². The first-order valence-corrected chi connectivity index (χ1v) is 7.53. The maximum atomic E-state index is 13.3. The summed E-state index contributed by atoms with van der Waals surface area (Å²) in [5.41, 5.74) is -0.185. The van der Waals surface area contributed by atoms with Crippen LogP contribution < -0.4 is 5.32 Å². The van der Waals surface area contributed by atoms with E-state index in [2.05, 4.69) is 10.3 Å². The molecule has 7 heteroatoms. The normalized spacial score (nSPS) is 12.5. The van der Waals surface area contributed by atoms with Gasteiger partial charge in [0.15, 0.2) is 11.5 Å². The van der Waals surface area contributed by atoms with Crippen LogP contribution in [0, 0.1) is 0 Å². The lowest BCUT2D eigenvalue weighted by Gasteiger charge is -2.10. The Labute approximate surface area is 133 Å². The summed E-state index contributed by atoms with van der Waals surface area (Å²) < 4.78 is 50.1. The van der Waals surface area contributed by atoms with Gasteiger partial charge in [0.05, 0.1) is 0 Å². The Morgan fingerprint density at radius 1 is 1.30 bits per heavy atom. The summed E-state index contributed by atoms with van der Waals surface area (Å²) in [5.74, 6) is 0.245. The fourth-order valence-corrected chi connectivity index (χ4v) is 2.24. The number of oxazole rings is 1. The number of halogens is 3. The zero-order valence-corrected chi connectivity index (χ0v) is 13.5. The highest BCUT2D eigenvalue weighted by atomic mass is 19.4. The molecule has 1 heterocycles. The number of ether oxygens (including phenoxy) is 1. The van der Waals surface area contributed by atoms with Crippen molar-refractivity contribution in [1.82, 2.24) is 10.3 Å². The lowest BCUT2D eigenvalue weighted by atomic mass is 10.1. The van der Waals surface area contributed by atoms with E-state index in [9.17, 15) is 13.2 Å². The van der Waals surface area contributed by atoms with E-state index in [1.165, 1.54) is 0 Å². The van der Waals surface area contributed by atoms with Gasteiger partial charge in [-0.1, -0.05) is 13.8 Å². The molecule has 0 amide bonds. The van der Waals surface area contributed by atoms with Crippen molar-refractivity contribution in [2.24, 2.45) is 0 Å². The van der Waals surface area contributed by atoms with Crippen molar-refractivity contribution >= 4 is 11.1 Å².